The molecule has 1 N–H and O–H groups in total. The Kier molecular flexibility index (Phi) is 3.04. The molecule has 0 bridgehead atoms. The summed E-state index contributed by atoms with van der Waals surface area (Å²) in [4.78, 5) is 2.70. The van der Waals surface area contributed by atoms with Gasteiger partial charge in [-0.3, -0.25) is 4.90 Å². The molecule has 2 fully saturated rings. The average Bonchev–Trinajstić information content (AvgIpc) is 3.06. The van der Waals surface area contributed by atoms with E-state index in [2.05, 4.69) is 52.3 Å². The molecule has 2 atom stereocenters. The zero-order chi connectivity index (χ0) is 13.5. The molecule has 0 radical (unpaired) electrons. The molecule has 0 amide bonds. The third-order valence-electron chi connectivity index (χ3n) is 5.15. The van der Waals surface area contributed by atoms with Crippen LogP contribution in [0.1, 0.15) is 18.4 Å². The van der Waals surface area contributed by atoms with Gasteiger partial charge in [0.25, 0.3) is 0 Å². The molecule has 1 aromatic carbocycles. The van der Waals surface area contributed by atoms with E-state index in [1.54, 1.807) is 0 Å². The predicted molar refractivity (Wildman–Crippen MR) is 82.7 cm³/mol. The van der Waals surface area contributed by atoms with Gasteiger partial charge < -0.3 is 9.88 Å². The number of aryl methyl sites for hydroxylation is 1. The molecule has 3 nitrogen and oxygen atoms in total. The first kappa shape index (κ1) is 12.4. The van der Waals surface area contributed by atoms with Crippen LogP contribution in [0.2, 0.25) is 0 Å². The SMILES string of the molecule is Cn1cc(CN2CCCC3CNCC32)c2ccccc21. The molecule has 0 saturated carbocycles. The van der Waals surface area contributed by atoms with Crippen LogP contribution in [0.25, 0.3) is 10.9 Å². The van der Waals surface area contributed by atoms with Crippen LogP contribution < -0.4 is 5.32 Å². The molecule has 2 aliphatic rings. The van der Waals surface area contributed by atoms with Gasteiger partial charge in [-0.15, -0.1) is 0 Å². The number of nitrogens with one attached hydrogen (secondary N) is 1. The first-order valence-corrected chi connectivity index (χ1v) is 7.80. The van der Waals surface area contributed by atoms with Gasteiger partial charge in [0.1, 0.15) is 0 Å². The number of fused-ring (bicyclic) bond motifs is 2. The molecule has 4 rings (SSSR count). The van der Waals surface area contributed by atoms with Crippen molar-refractivity contribution in [1.29, 1.82) is 0 Å². The predicted octanol–water partition coefficient (Wildman–Crippen LogP) is 2.36. The van der Waals surface area contributed by atoms with E-state index >= 15 is 0 Å². The summed E-state index contributed by atoms with van der Waals surface area (Å²) >= 11 is 0. The zero-order valence-corrected chi connectivity index (χ0v) is 12.2. The molecule has 1 aromatic heterocycles. The van der Waals surface area contributed by atoms with Crippen molar-refractivity contribution in [3.8, 4) is 0 Å². The highest BCUT2D eigenvalue weighted by atomic mass is 15.2. The van der Waals surface area contributed by atoms with Gasteiger partial charge in [-0.25, -0.2) is 0 Å². The maximum atomic E-state index is 3.58. The summed E-state index contributed by atoms with van der Waals surface area (Å²) in [5.74, 6) is 0.874. The number of piperidine rings is 1. The molecule has 0 spiro atoms. The number of rotatable bonds is 2. The van der Waals surface area contributed by atoms with Gasteiger partial charge in [-0.05, 0) is 43.5 Å². The Morgan fingerprint density at radius 3 is 3.10 bits per heavy atom. The molecule has 2 aromatic rings. The summed E-state index contributed by atoms with van der Waals surface area (Å²) in [5.41, 5.74) is 2.83. The molecule has 2 saturated heterocycles. The number of hydrogen-bond donors (Lipinski definition) is 1. The molecule has 20 heavy (non-hydrogen) atoms. The summed E-state index contributed by atoms with van der Waals surface area (Å²) in [6.07, 6.45) is 5.08. The van der Waals surface area contributed by atoms with E-state index in [0.717, 1.165) is 18.5 Å². The monoisotopic (exact) mass is 269 g/mol. The van der Waals surface area contributed by atoms with Crippen LogP contribution in [-0.2, 0) is 13.6 Å². The summed E-state index contributed by atoms with van der Waals surface area (Å²) < 4.78 is 2.26. The number of benzene rings is 1. The maximum absolute atomic E-state index is 3.58. The lowest BCUT2D eigenvalue weighted by molar-refractivity contribution is 0.118. The number of likely N-dealkylation sites (tertiary alicyclic amines) is 1. The van der Waals surface area contributed by atoms with Gasteiger partial charge in [0.15, 0.2) is 0 Å². The Bertz CT molecular complexity index is 616. The van der Waals surface area contributed by atoms with Gasteiger partial charge in [0.2, 0.25) is 0 Å². The molecule has 3 heteroatoms. The van der Waals surface area contributed by atoms with Crippen molar-refractivity contribution in [3.63, 3.8) is 0 Å². The molecule has 3 heterocycles. The van der Waals surface area contributed by atoms with Gasteiger partial charge in [-0.1, -0.05) is 18.2 Å². The van der Waals surface area contributed by atoms with Crippen LogP contribution in [-0.4, -0.2) is 35.1 Å². The van der Waals surface area contributed by atoms with Crippen molar-refractivity contribution in [2.24, 2.45) is 13.0 Å². The normalized spacial score (nSPS) is 27.1. The van der Waals surface area contributed by atoms with E-state index in [1.165, 1.54) is 48.9 Å². The lowest BCUT2D eigenvalue weighted by atomic mass is 9.91. The van der Waals surface area contributed by atoms with Gasteiger partial charge in [0, 0.05) is 43.3 Å². The Morgan fingerprint density at radius 2 is 2.15 bits per heavy atom. The first-order chi connectivity index (χ1) is 9.83. The van der Waals surface area contributed by atoms with E-state index in [0.29, 0.717) is 0 Å². The van der Waals surface area contributed by atoms with Crippen LogP contribution >= 0.6 is 0 Å². The quantitative estimate of drug-likeness (QED) is 0.903. The molecule has 2 aliphatic heterocycles. The minimum atomic E-state index is 0.753. The number of hydrogen-bond acceptors (Lipinski definition) is 2. The van der Waals surface area contributed by atoms with E-state index in [9.17, 15) is 0 Å². The fourth-order valence-corrected chi connectivity index (χ4v) is 4.13. The van der Waals surface area contributed by atoms with Gasteiger partial charge in [0.05, 0.1) is 0 Å². The largest absolute Gasteiger partial charge is 0.350 e. The van der Waals surface area contributed by atoms with Crippen LogP contribution in [0.3, 0.4) is 0 Å². The van der Waals surface area contributed by atoms with Crippen molar-refractivity contribution in [3.05, 3.63) is 36.0 Å². The summed E-state index contributed by atoms with van der Waals surface area (Å²) in [6, 6.07) is 9.52. The van der Waals surface area contributed by atoms with E-state index in [-0.39, 0.29) is 0 Å². The van der Waals surface area contributed by atoms with Crippen molar-refractivity contribution in [1.82, 2.24) is 14.8 Å². The smallest absolute Gasteiger partial charge is 0.0481 e. The Balaban J connectivity index is 1.64. The lowest BCUT2D eigenvalue weighted by Gasteiger charge is -2.36. The van der Waals surface area contributed by atoms with Gasteiger partial charge >= 0.3 is 0 Å². The topological polar surface area (TPSA) is 20.2 Å². The second kappa shape index (κ2) is 4.90. The maximum Gasteiger partial charge on any atom is 0.0481 e. The Hall–Kier alpha value is -1.32. The highest BCUT2D eigenvalue weighted by Crippen LogP contribution is 2.29. The Morgan fingerprint density at radius 1 is 1.25 bits per heavy atom. The van der Waals surface area contributed by atoms with Crippen molar-refractivity contribution in [2.75, 3.05) is 19.6 Å². The standard InChI is InChI=1S/C17H23N3/c1-19-11-14(15-6-2-3-7-16(15)19)12-20-8-4-5-13-9-18-10-17(13)20/h2-3,6-7,11,13,17-18H,4-5,8-10,12H2,1H3. The number of aromatic nitrogens is 1. The van der Waals surface area contributed by atoms with Crippen molar-refractivity contribution in [2.45, 2.75) is 25.4 Å². The van der Waals surface area contributed by atoms with E-state index in [1.807, 2.05) is 0 Å². The van der Waals surface area contributed by atoms with E-state index in [4.69, 9.17) is 0 Å². The first-order valence-electron chi connectivity index (χ1n) is 7.80. The molecule has 0 aliphatic carbocycles. The fourth-order valence-electron chi connectivity index (χ4n) is 4.13. The average molecular weight is 269 g/mol. The minimum absolute atomic E-state index is 0.753. The summed E-state index contributed by atoms with van der Waals surface area (Å²) in [6.45, 7) is 4.75. The molecule has 2 unspecified atom stereocenters. The van der Waals surface area contributed by atoms with Crippen LogP contribution in [0.15, 0.2) is 30.5 Å². The van der Waals surface area contributed by atoms with Crippen LogP contribution in [0.5, 0.6) is 0 Å². The summed E-state index contributed by atoms with van der Waals surface area (Å²) in [5, 5.41) is 5.00. The fraction of sp³-hybridized carbons (Fsp3) is 0.529. The Labute approximate surface area is 120 Å². The minimum Gasteiger partial charge on any atom is -0.350 e. The molecular formula is C17H23N3. The zero-order valence-electron chi connectivity index (χ0n) is 12.2. The van der Waals surface area contributed by atoms with Crippen LogP contribution in [0, 0.1) is 5.92 Å². The highest BCUT2D eigenvalue weighted by Gasteiger charge is 2.34. The number of para-hydroxylation sites is 1. The third-order valence-corrected chi connectivity index (χ3v) is 5.15. The lowest BCUT2D eigenvalue weighted by Crippen LogP contribution is -2.44. The van der Waals surface area contributed by atoms with Crippen LogP contribution in [0.4, 0.5) is 0 Å². The molecular weight excluding hydrogens is 246 g/mol. The van der Waals surface area contributed by atoms with Crippen molar-refractivity contribution < 1.29 is 0 Å². The highest BCUT2D eigenvalue weighted by molar-refractivity contribution is 5.83. The second-order valence-electron chi connectivity index (χ2n) is 6.38. The molecule has 106 valence electrons. The van der Waals surface area contributed by atoms with E-state index < -0.39 is 0 Å². The summed E-state index contributed by atoms with van der Waals surface area (Å²) in [7, 11) is 2.15. The van der Waals surface area contributed by atoms with Gasteiger partial charge in [-0.2, -0.15) is 0 Å². The third kappa shape index (κ3) is 1.97. The second-order valence-corrected chi connectivity index (χ2v) is 6.38. The van der Waals surface area contributed by atoms with Crippen molar-refractivity contribution >= 4 is 10.9 Å². The number of nitrogens with zero attached hydrogens (tertiary/aromatic N) is 2.